The van der Waals surface area contributed by atoms with Crippen LogP contribution in [0.4, 0.5) is 0 Å². The third kappa shape index (κ3) is 5.80. The lowest BCUT2D eigenvalue weighted by Gasteiger charge is -2.29. The summed E-state index contributed by atoms with van der Waals surface area (Å²) in [5, 5.41) is 0. The fourth-order valence-electron chi connectivity index (χ4n) is 4.06. The van der Waals surface area contributed by atoms with Crippen LogP contribution in [0.25, 0.3) is 0 Å². The van der Waals surface area contributed by atoms with Crippen molar-refractivity contribution in [2.45, 2.75) is 31.4 Å². The van der Waals surface area contributed by atoms with E-state index in [4.69, 9.17) is 23.7 Å². The predicted molar refractivity (Wildman–Crippen MR) is 136 cm³/mol. The number of hydrogen-bond donors (Lipinski definition) is 0. The molecular weight excluding hydrogens is 462 g/mol. The van der Waals surface area contributed by atoms with Gasteiger partial charge in [-0.1, -0.05) is 43.3 Å². The van der Waals surface area contributed by atoms with Crippen molar-refractivity contribution in [3.05, 3.63) is 71.8 Å². The average Bonchev–Trinajstić information content (AvgIpc) is 3.61. The Morgan fingerprint density at radius 2 is 1.71 bits per heavy atom. The van der Waals surface area contributed by atoms with E-state index in [0.717, 1.165) is 51.5 Å². The highest BCUT2D eigenvalue weighted by Gasteiger charge is 2.33. The lowest BCUT2D eigenvalue weighted by Crippen LogP contribution is -2.25. The molecule has 5 rings (SSSR count). The van der Waals surface area contributed by atoms with Gasteiger partial charge >= 0.3 is 0 Å². The minimum Gasteiger partial charge on any atom is -0.495 e. The highest BCUT2D eigenvalue weighted by atomic mass is 32.2. The van der Waals surface area contributed by atoms with Gasteiger partial charge in [0.25, 0.3) is 0 Å². The van der Waals surface area contributed by atoms with Crippen molar-refractivity contribution < 1.29 is 23.7 Å². The molecule has 0 amide bonds. The molecule has 35 heavy (non-hydrogen) atoms. The van der Waals surface area contributed by atoms with Crippen molar-refractivity contribution in [1.82, 2.24) is 4.31 Å². The molecule has 6 nitrogen and oxygen atoms in total. The molecule has 1 unspecified atom stereocenters. The number of fused-ring (bicyclic) bond motifs is 1. The molecule has 184 valence electrons. The van der Waals surface area contributed by atoms with Crippen LogP contribution in [0.1, 0.15) is 24.5 Å². The second-order valence-corrected chi connectivity index (χ2v) is 10.1. The van der Waals surface area contributed by atoms with Gasteiger partial charge in [-0.05, 0) is 53.5 Å². The van der Waals surface area contributed by atoms with Gasteiger partial charge in [-0.15, -0.1) is 0 Å². The molecule has 1 fully saturated rings. The Kier molecular flexibility index (Phi) is 7.25. The lowest BCUT2D eigenvalue weighted by atomic mass is 10.2. The Morgan fingerprint density at radius 3 is 2.46 bits per heavy atom. The van der Waals surface area contributed by atoms with Gasteiger partial charge in [0.05, 0.1) is 20.8 Å². The molecule has 1 saturated carbocycles. The topological polar surface area (TPSA) is 49.4 Å². The summed E-state index contributed by atoms with van der Waals surface area (Å²) in [5.74, 6) is 5.22. The molecule has 0 bridgehead atoms. The van der Waals surface area contributed by atoms with E-state index in [9.17, 15) is 0 Å². The Labute approximate surface area is 211 Å². The molecule has 3 aromatic carbocycles. The van der Waals surface area contributed by atoms with Crippen LogP contribution < -0.4 is 23.7 Å². The van der Waals surface area contributed by atoms with E-state index in [-0.39, 0.29) is 0 Å². The van der Waals surface area contributed by atoms with Crippen molar-refractivity contribution in [3.63, 3.8) is 0 Å². The minimum atomic E-state index is 0.457. The molecular formula is C28H31NO5S. The fourth-order valence-corrected chi connectivity index (χ4v) is 5.08. The highest BCUT2D eigenvalue weighted by molar-refractivity contribution is 7.97. The van der Waals surface area contributed by atoms with Gasteiger partial charge in [0.15, 0.2) is 18.2 Å². The highest BCUT2D eigenvalue weighted by Crippen LogP contribution is 2.46. The summed E-state index contributed by atoms with van der Waals surface area (Å²) >= 11 is 1.63. The third-order valence-electron chi connectivity index (χ3n) is 6.36. The van der Waals surface area contributed by atoms with Crippen LogP contribution in [0.15, 0.2) is 65.6 Å². The summed E-state index contributed by atoms with van der Waals surface area (Å²) in [5.41, 5.74) is 2.22. The van der Waals surface area contributed by atoms with Gasteiger partial charge in [-0.3, -0.25) is 0 Å². The standard InChI is InChI=1S/C28H31NO5S/c1-19-11-22(19)17-32-23-13-26(31-3)28-27(14-23)34-18-29(35-28)15-21-9-10-24(25(12-21)30-2)33-16-20-7-5-4-6-8-20/h4-10,12-14,19,22H,11,15-18H2,1-3H3/t19?,22-/m1/s1. The molecule has 0 aromatic heterocycles. The van der Waals surface area contributed by atoms with Crippen molar-refractivity contribution in [3.8, 4) is 28.7 Å². The number of nitrogens with zero attached hydrogens (tertiary/aromatic N) is 1. The lowest BCUT2D eigenvalue weighted by molar-refractivity contribution is 0.189. The summed E-state index contributed by atoms with van der Waals surface area (Å²) < 4.78 is 31.5. The molecule has 2 aliphatic rings. The second kappa shape index (κ2) is 10.7. The van der Waals surface area contributed by atoms with E-state index in [1.54, 1.807) is 26.2 Å². The summed E-state index contributed by atoms with van der Waals surface area (Å²) in [6.45, 7) is 4.64. The first-order chi connectivity index (χ1) is 17.1. The van der Waals surface area contributed by atoms with Crippen molar-refractivity contribution in [1.29, 1.82) is 0 Å². The largest absolute Gasteiger partial charge is 0.495 e. The molecule has 0 spiro atoms. The van der Waals surface area contributed by atoms with E-state index < -0.39 is 0 Å². The van der Waals surface area contributed by atoms with Crippen LogP contribution in [0.3, 0.4) is 0 Å². The Hall–Kier alpha value is -3.03. The molecule has 1 aliphatic carbocycles. The van der Waals surface area contributed by atoms with Crippen LogP contribution >= 0.6 is 11.9 Å². The molecule has 0 N–H and O–H groups in total. The zero-order valence-corrected chi connectivity index (χ0v) is 21.2. The predicted octanol–water partition coefficient (Wildman–Crippen LogP) is 6.18. The molecule has 1 heterocycles. The quantitative estimate of drug-likeness (QED) is 0.313. The van der Waals surface area contributed by atoms with E-state index >= 15 is 0 Å². The molecule has 1 aliphatic heterocycles. The Morgan fingerprint density at radius 1 is 0.914 bits per heavy atom. The van der Waals surface area contributed by atoms with E-state index in [2.05, 4.69) is 17.3 Å². The monoisotopic (exact) mass is 493 g/mol. The fraction of sp³-hybridized carbons (Fsp3) is 0.357. The van der Waals surface area contributed by atoms with E-state index in [0.29, 0.717) is 31.5 Å². The van der Waals surface area contributed by atoms with Crippen molar-refractivity contribution in [2.75, 3.05) is 27.6 Å². The van der Waals surface area contributed by atoms with Crippen LogP contribution in [0.5, 0.6) is 28.7 Å². The van der Waals surface area contributed by atoms with Crippen LogP contribution in [0.2, 0.25) is 0 Å². The maximum absolute atomic E-state index is 6.09. The average molecular weight is 494 g/mol. The van der Waals surface area contributed by atoms with Crippen molar-refractivity contribution >= 4 is 11.9 Å². The third-order valence-corrected chi connectivity index (χ3v) is 7.44. The number of hydrogen-bond acceptors (Lipinski definition) is 7. The smallest absolute Gasteiger partial charge is 0.161 e. The summed E-state index contributed by atoms with van der Waals surface area (Å²) in [6.07, 6.45) is 1.24. The SMILES string of the molecule is COc1cc(CN2COc3cc(OC[C@H]4CC4C)cc(OC)c3S2)ccc1OCc1ccccc1. The van der Waals surface area contributed by atoms with Gasteiger partial charge in [-0.25, -0.2) is 4.31 Å². The van der Waals surface area contributed by atoms with Gasteiger partial charge in [0, 0.05) is 18.7 Å². The zero-order valence-electron chi connectivity index (χ0n) is 20.4. The van der Waals surface area contributed by atoms with E-state index in [1.165, 1.54) is 6.42 Å². The van der Waals surface area contributed by atoms with E-state index in [1.807, 2.05) is 54.6 Å². The maximum atomic E-state index is 6.09. The minimum absolute atomic E-state index is 0.457. The number of methoxy groups -OCH3 is 2. The second-order valence-electron chi connectivity index (χ2n) is 9.00. The summed E-state index contributed by atoms with van der Waals surface area (Å²) in [4.78, 5) is 0.959. The molecule has 7 heteroatoms. The summed E-state index contributed by atoms with van der Waals surface area (Å²) in [6, 6.07) is 20.1. The normalized spacial score (nSPS) is 18.8. The van der Waals surface area contributed by atoms with Crippen molar-refractivity contribution in [2.24, 2.45) is 11.8 Å². The van der Waals surface area contributed by atoms with Gasteiger partial charge in [0.1, 0.15) is 28.8 Å². The Bertz CT molecular complexity index is 1140. The van der Waals surface area contributed by atoms with Crippen LogP contribution in [-0.2, 0) is 13.2 Å². The molecule has 3 aromatic rings. The van der Waals surface area contributed by atoms with Gasteiger partial charge in [0.2, 0.25) is 0 Å². The number of ether oxygens (including phenoxy) is 5. The first kappa shape index (κ1) is 23.7. The maximum Gasteiger partial charge on any atom is 0.161 e. The Balaban J connectivity index is 1.23. The van der Waals surface area contributed by atoms with Gasteiger partial charge < -0.3 is 23.7 Å². The van der Waals surface area contributed by atoms with Crippen LogP contribution in [-0.4, -0.2) is 31.9 Å². The van der Waals surface area contributed by atoms with Crippen LogP contribution in [0, 0.1) is 11.8 Å². The number of rotatable bonds is 10. The first-order valence-corrected chi connectivity index (χ1v) is 12.6. The zero-order chi connectivity index (χ0) is 24.2. The molecule has 2 atom stereocenters. The number of benzene rings is 3. The summed E-state index contributed by atoms with van der Waals surface area (Å²) in [7, 11) is 3.35. The van der Waals surface area contributed by atoms with Gasteiger partial charge in [-0.2, -0.15) is 0 Å². The first-order valence-electron chi connectivity index (χ1n) is 11.9. The molecule has 0 saturated heterocycles. The molecule has 0 radical (unpaired) electrons.